The van der Waals surface area contributed by atoms with Crippen molar-refractivity contribution >= 4 is 65.4 Å². The molecule has 0 unspecified atom stereocenters. The Bertz CT molecular complexity index is 3400. The number of fused-ring (bicyclic) bond motifs is 9. The van der Waals surface area contributed by atoms with Crippen LogP contribution in [-0.4, -0.2) is 13.7 Å². The Labute approximate surface area is 316 Å². The maximum Gasteiger partial charge on any atom is 0.101 e. The van der Waals surface area contributed by atoms with Crippen LogP contribution in [0.5, 0.6) is 0 Å². The number of hydrogen-bond donors (Lipinski definition) is 0. The zero-order valence-corrected chi connectivity index (χ0v) is 29.5. The number of benzene rings is 8. The first-order valence-electron chi connectivity index (χ1n) is 18.3. The molecule has 3 aromatic heterocycles. The van der Waals surface area contributed by atoms with Crippen molar-refractivity contribution in [2.75, 3.05) is 0 Å². The van der Waals surface area contributed by atoms with Crippen molar-refractivity contribution in [1.82, 2.24) is 13.7 Å². The molecule has 0 saturated carbocycles. The molecule has 5 nitrogen and oxygen atoms in total. The molecule has 55 heavy (non-hydrogen) atoms. The summed E-state index contributed by atoms with van der Waals surface area (Å²) < 4.78 is 6.81. The first-order chi connectivity index (χ1) is 27.2. The van der Waals surface area contributed by atoms with Gasteiger partial charge in [0.25, 0.3) is 0 Å². The van der Waals surface area contributed by atoms with E-state index < -0.39 is 0 Å². The first kappa shape index (κ1) is 30.7. The summed E-state index contributed by atoms with van der Waals surface area (Å²) in [4.78, 5) is 0. The van der Waals surface area contributed by atoms with Crippen LogP contribution in [0.3, 0.4) is 0 Å². The molecule has 0 radical (unpaired) electrons. The quantitative estimate of drug-likeness (QED) is 0.184. The molecule has 0 fully saturated rings. The third-order valence-corrected chi connectivity index (χ3v) is 11.1. The van der Waals surface area contributed by atoms with Gasteiger partial charge in [0.15, 0.2) is 0 Å². The number of rotatable bonds is 4. The molecule has 254 valence electrons. The van der Waals surface area contributed by atoms with Gasteiger partial charge in [-0.3, -0.25) is 0 Å². The Morgan fingerprint density at radius 1 is 0.345 bits per heavy atom. The average molecular weight is 700 g/mol. The van der Waals surface area contributed by atoms with E-state index in [0.717, 1.165) is 82.8 Å². The minimum absolute atomic E-state index is 0.597. The number of hydrogen-bond acceptors (Lipinski definition) is 2. The Morgan fingerprint density at radius 2 is 0.836 bits per heavy atom. The van der Waals surface area contributed by atoms with Gasteiger partial charge in [-0.1, -0.05) is 109 Å². The van der Waals surface area contributed by atoms with E-state index in [1.165, 1.54) is 10.8 Å². The minimum Gasteiger partial charge on any atom is -0.309 e. The topological polar surface area (TPSA) is 62.4 Å². The van der Waals surface area contributed by atoms with E-state index in [-0.39, 0.29) is 0 Å². The molecule has 11 rings (SSSR count). The molecule has 0 aliphatic rings. The zero-order valence-electron chi connectivity index (χ0n) is 29.5. The van der Waals surface area contributed by atoms with Crippen LogP contribution in [0.4, 0.5) is 0 Å². The summed E-state index contributed by atoms with van der Waals surface area (Å²) in [5, 5.41) is 27.4. The van der Waals surface area contributed by atoms with Gasteiger partial charge >= 0.3 is 0 Å². The number of nitrogens with zero attached hydrogens (tertiary/aromatic N) is 5. The summed E-state index contributed by atoms with van der Waals surface area (Å²) in [7, 11) is 0. The van der Waals surface area contributed by atoms with Gasteiger partial charge in [-0.05, 0) is 77.9 Å². The highest BCUT2D eigenvalue weighted by Gasteiger charge is 2.21. The van der Waals surface area contributed by atoms with E-state index in [1.54, 1.807) is 0 Å². The monoisotopic (exact) mass is 699 g/mol. The standard InChI is InChI=1S/C50H29N5/c51-30-34-24-23-33(32-25-27-36(28-26-32)53-42-17-5-3-14-39(42)40-16-9-11-35(31-52)50(40)53)29-48(34)55-45-20-8-4-15-41(45)49-46(21-10-22-47(49)55)54-43-18-6-1-12-37(43)38-13-2-7-19-44(38)54/h1-29H. The lowest BCUT2D eigenvalue weighted by Gasteiger charge is -2.14. The van der Waals surface area contributed by atoms with E-state index in [4.69, 9.17) is 0 Å². The maximum absolute atomic E-state index is 10.5. The van der Waals surface area contributed by atoms with Gasteiger partial charge < -0.3 is 13.7 Å². The normalized spacial score (nSPS) is 11.6. The smallest absolute Gasteiger partial charge is 0.101 e. The molecule has 11 aromatic rings. The molecule has 5 heteroatoms. The second-order valence-electron chi connectivity index (χ2n) is 14.0. The third-order valence-electron chi connectivity index (χ3n) is 11.1. The predicted molar refractivity (Wildman–Crippen MR) is 224 cm³/mol. The van der Waals surface area contributed by atoms with E-state index in [1.807, 2.05) is 36.4 Å². The van der Waals surface area contributed by atoms with Gasteiger partial charge in [-0.2, -0.15) is 10.5 Å². The lowest BCUT2D eigenvalue weighted by Crippen LogP contribution is -1.99. The Hall–Kier alpha value is -7.86. The average Bonchev–Trinajstić information content (AvgIpc) is 3.89. The fourth-order valence-electron chi connectivity index (χ4n) is 8.80. The van der Waals surface area contributed by atoms with Crippen LogP contribution in [-0.2, 0) is 0 Å². The lowest BCUT2D eigenvalue weighted by molar-refractivity contribution is 1.16. The van der Waals surface area contributed by atoms with Crippen molar-refractivity contribution in [3.63, 3.8) is 0 Å². The van der Waals surface area contributed by atoms with Crippen molar-refractivity contribution in [3.8, 4) is 40.3 Å². The van der Waals surface area contributed by atoms with Crippen LogP contribution < -0.4 is 0 Å². The van der Waals surface area contributed by atoms with E-state index in [9.17, 15) is 10.5 Å². The molecule has 0 aliphatic heterocycles. The lowest BCUT2D eigenvalue weighted by atomic mass is 10.0. The summed E-state index contributed by atoms with van der Waals surface area (Å²) in [5.41, 5.74) is 12.5. The van der Waals surface area contributed by atoms with Crippen LogP contribution in [0.15, 0.2) is 176 Å². The van der Waals surface area contributed by atoms with Gasteiger partial charge in [0, 0.05) is 38.0 Å². The van der Waals surface area contributed by atoms with E-state index in [0.29, 0.717) is 11.1 Å². The second-order valence-corrected chi connectivity index (χ2v) is 14.0. The van der Waals surface area contributed by atoms with Gasteiger partial charge in [0.2, 0.25) is 0 Å². The van der Waals surface area contributed by atoms with E-state index >= 15 is 0 Å². The molecule has 0 amide bonds. The van der Waals surface area contributed by atoms with Crippen LogP contribution in [0.1, 0.15) is 11.1 Å². The van der Waals surface area contributed by atoms with Crippen molar-refractivity contribution in [3.05, 3.63) is 187 Å². The van der Waals surface area contributed by atoms with Crippen LogP contribution in [0.2, 0.25) is 0 Å². The fraction of sp³-hybridized carbons (Fsp3) is 0. The second kappa shape index (κ2) is 11.8. The highest BCUT2D eigenvalue weighted by Crippen LogP contribution is 2.41. The highest BCUT2D eigenvalue weighted by molar-refractivity contribution is 6.16. The van der Waals surface area contributed by atoms with E-state index in [2.05, 4.69) is 165 Å². The van der Waals surface area contributed by atoms with Crippen molar-refractivity contribution in [2.45, 2.75) is 0 Å². The summed E-state index contributed by atoms with van der Waals surface area (Å²) in [6.07, 6.45) is 0. The fourth-order valence-corrected chi connectivity index (χ4v) is 8.80. The van der Waals surface area contributed by atoms with Crippen LogP contribution in [0, 0.1) is 22.7 Å². The molecule has 0 saturated heterocycles. The minimum atomic E-state index is 0.597. The third kappa shape index (κ3) is 4.39. The van der Waals surface area contributed by atoms with Crippen LogP contribution in [0.25, 0.3) is 93.6 Å². The predicted octanol–water partition coefficient (Wildman–Crippen LogP) is 12.4. The number of nitriles is 2. The molecule has 8 aromatic carbocycles. The van der Waals surface area contributed by atoms with Gasteiger partial charge in [-0.25, -0.2) is 0 Å². The van der Waals surface area contributed by atoms with Gasteiger partial charge in [0.1, 0.15) is 12.1 Å². The summed E-state index contributed by atoms with van der Waals surface area (Å²) in [6, 6.07) is 65.9. The van der Waals surface area contributed by atoms with Crippen LogP contribution >= 0.6 is 0 Å². The molecule has 0 atom stereocenters. The molecule has 0 N–H and O–H groups in total. The molecular formula is C50H29N5. The molecular weight excluding hydrogens is 671 g/mol. The van der Waals surface area contributed by atoms with Crippen molar-refractivity contribution < 1.29 is 0 Å². The summed E-state index contributed by atoms with van der Waals surface area (Å²) >= 11 is 0. The summed E-state index contributed by atoms with van der Waals surface area (Å²) in [5.74, 6) is 0. The molecule has 0 bridgehead atoms. The van der Waals surface area contributed by atoms with Gasteiger partial charge in [-0.15, -0.1) is 0 Å². The number of para-hydroxylation sites is 5. The first-order valence-corrected chi connectivity index (χ1v) is 18.3. The largest absolute Gasteiger partial charge is 0.309 e. The molecule has 3 heterocycles. The maximum atomic E-state index is 10.5. The Kier molecular flexibility index (Phi) is 6.61. The molecule has 0 spiro atoms. The number of aromatic nitrogens is 3. The Balaban J connectivity index is 1.11. The van der Waals surface area contributed by atoms with Crippen molar-refractivity contribution in [1.29, 1.82) is 10.5 Å². The Morgan fingerprint density at radius 3 is 1.49 bits per heavy atom. The van der Waals surface area contributed by atoms with Gasteiger partial charge in [0.05, 0.1) is 55.6 Å². The highest BCUT2D eigenvalue weighted by atomic mass is 15.0. The zero-order chi connectivity index (χ0) is 36.6. The molecule has 0 aliphatic carbocycles. The summed E-state index contributed by atoms with van der Waals surface area (Å²) in [6.45, 7) is 0. The SMILES string of the molecule is N#Cc1ccc(-c2ccc(-n3c4ccccc4c4cccc(C#N)c43)cc2)cc1-n1c2ccccc2c2c(-n3c4ccccc4c4ccccc43)cccc21. The van der Waals surface area contributed by atoms with Crippen molar-refractivity contribution in [2.24, 2.45) is 0 Å².